The summed E-state index contributed by atoms with van der Waals surface area (Å²) >= 11 is 0. The molecule has 0 saturated carbocycles. The molecule has 0 spiro atoms. The van der Waals surface area contributed by atoms with Crippen molar-refractivity contribution in [3.05, 3.63) is 0 Å². The van der Waals surface area contributed by atoms with Gasteiger partial charge in [0.15, 0.2) is 5.96 Å². The number of nitrogens with one attached hydrogen (secondary N) is 3. The number of aliphatic imine (C=N–C) groups is 1. The van der Waals surface area contributed by atoms with Gasteiger partial charge in [0, 0.05) is 6.54 Å². The van der Waals surface area contributed by atoms with E-state index < -0.39 is 60.2 Å². The molecule has 0 bridgehead atoms. The Labute approximate surface area is 210 Å². The van der Waals surface area contributed by atoms with Gasteiger partial charge in [-0.2, -0.15) is 0 Å². The number of carbonyl (C=O) groups excluding carboxylic acids is 3. The van der Waals surface area contributed by atoms with Gasteiger partial charge >= 0.3 is 11.9 Å². The van der Waals surface area contributed by atoms with Crippen molar-refractivity contribution in [3.63, 3.8) is 0 Å². The average molecular weight is 516 g/mol. The topological polar surface area (TPSA) is 252 Å². The van der Waals surface area contributed by atoms with Crippen molar-refractivity contribution < 1.29 is 34.2 Å². The average Bonchev–Trinajstić information content (AvgIpc) is 2.76. The maximum absolute atomic E-state index is 13.1. The minimum atomic E-state index is -1.35. The quantitative estimate of drug-likeness (QED) is 0.0630. The molecule has 0 heterocycles. The maximum Gasteiger partial charge on any atom is 0.326 e. The van der Waals surface area contributed by atoms with Crippen molar-refractivity contribution in [2.45, 2.75) is 84.0 Å². The highest BCUT2D eigenvalue weighted by molar-refractivity contribution is 5.94. The number of nitrogens with two attached hydrogens (primary N) is 3. The van der Waals surface area contributed by atoms with E-state index in [1.54, 1.807) is 13.8 Å². The molecule has 0 aromatic rings. The van der Waals surface area contributed by atoms with Crippen molar-refractivity contribution in [3.8, 4) is 0 Å². The second-order valence-corrected chi connectivity index (χ2v) is 9.12. The molecule has 0 rings (SSSR count). The van der Waals surface area contributed by atoms with E-state index in [1.165, 1.54) is 0 Å². The molecule has 14 heteroatoms. The fourth-order valence-corrected chi connectivity index (χ4v) is 3.24. The van der Waals surface area contributed by atoms with E-state index in [4.69, 9.17) is 22.3 Å². The minimum absolute atomic E-state index is 0.0353. The van der Waals surface area contributed by atoms with Crippen LogP contribution in [0.15, 0.2) is 4.99 Å². The summed E-state index contributed by atoms with van der Waals surface area (Å²) in [5.74, 6) is -5.21. The summed E-state index contributed by atoms with van der Waals surface area (Å²) in [6, 6.07) is -4.74. The van der Waals surface area contributed by atoms with Crippen LogP contribution in [0.3, 0.4) is 0 Å². The van der Waals surface area contributed by atoms with Gasteiger partial charge in [-0.05, 0) is 31.1 Å². The molecule has 36 heavy (non-hydrogen) atoms. The van der Waals surface area contributed by atoms with E-state index in [9.17, 15) is 29.1 Å². The second kappa shape index (κ2) is 16.3. The molecule has 0 radical (unpaired) electrons. The Morgan fingerprint density at radius 1 is 0.889 bits per heavy atom. The molecule has 0 aliphatic rings. The zero-order chi connectivity index (χ0) is 28.0. The number of guanidine groups is 1. The molecule has 0 fully saturated rings. The molecular formula is C22H41N7O7. The number of aliphatic carboxylic acids is 2. The predicted octanol–water partition coefficient (Wildman–Crippen LogP) is -1.53. The molecule has 14 nitrogen and oxygen atoms in total. The first kappa shape index (κ1) is 32.6. The number of carboxylic acids is 2. The first-order valence-electron chi connectivity index (χ1n) is 11.9. The molecule has 0 aromatic heterocycles. The number of rotatable bonds is 17. The Balaban J connectivity index is 5.52. The Hall–Kier alpha value is -3.42. The monoisotopic (exact) mass is 515 g/mol. The minimum Gasteiger partial charge on any atom is -0.481 e. The highest BCUT2D eigenvalue weighted by Gasteiger charge is 2.33. The lowest BCUT2D eigenvalue weighted by Gasteiger charge is -2.28. The lowest BCUT2D eigenvalue weighted by molar-refractivity contribution is -0.142. The van der Waals surface area contributed by atoms with Crippen LogP contribution in [0.1, 0.15) is 59.8 Å². The third-order valence-electron chi connectivity index (χ3n) is 5.42. The van der Waals surface area contributed by atoms with Crippen molar-refractivity contribution in [1.29, 1.82) is 0 Å². The third-order valence-corrected chi connectivity index (χ3v) is 5.42. The van der Waals surface area contributed by atoms with Crippen molar-refractivity contribution >= 4 is 35.6 Å². The summed E-state index contributed by atoms with van der Waals surface area (Å²) in [6.07, 6.45) is 0.448. The number of hydrogen-bond donors (Lipinski definition) is 8. The number of carbonyl (C=O) groups is 5. The predicted molar refractivity (Wildman–Crippen MR) is 132 cm³/mol. The first-order valence-corrected chi connectivity index (χ1v) is 11.9. The Bertz CT molecular complexity index is 800. The van der Waals surface area contributed by atoms with Crippen molar-refractivity contribution in [1.82, 2.24) is 16.0 Å². The number of carboxylic acid groups (broad SMARTS) is 2. The van der Waals surface area contributed by atoms with E-state index >= 15 is 0 Å². The Morgan fingerprint density at radius 2 is 1.47 bits per heavy atom. The largest absolute Gasteiger partial charge is 0.481 e. The van der Waals surface area contributed by atoms with Gasteiger partial charge in [0.1, 0.15) is 18.1 Å². The van der Waals surface area contributed by atoms with Gasteiger partial charge < -0.3 is 43.4 Å². The zero-order valence-electron chi connectivity index (χ0n) is 21.3. The van der Waals surface area contributed by atoms with Gasteiger partial charge in [-0.1, -0.05) is 34.1 Å². The van der Waals surface area contributed by atoms with Gasteiger partial charge in [0.25, 0.3) is 0 Å². The molecule has 0 aliphatic carbocycles. The summed E-state index contributed by atoms with van der Waals surface area (Å²) in [6.45, 7) is 7.35. The van der Waals surface area contributed by atoms with Gasteiger partial charge in [-0.3, -0.25) is 24.2 Å². The first-order chi connectivity index (χ1) is 16.7. The van der Waals surface area contributed by atoms with Crippen LogP contribution in [0.4, 0.5) is 0 Å². The van der Waals surface area contributed by atoms with Gasteiger partial charge in [0.2, 0.25) is 17.7 Å². The summed E-state index contributed by atoms with van der Waals surface area (Å²) in [7, 11) is 0. The number of nitrogens with zero attached hydrogens (tertiary/aromatic N) is 1. The highest BCUT2D eigenvalue weighted by atomic mass is 16.4. The van der Waals surface area contributed by atoms with Crippen molar-refractivity contribution in [2.75, 3.05) is 6.54 Å². The van der Waals surface area contributed by atoms with Gasteiger partial charge in [-0.25, -0.2) is 4.79 Å². The van der Waals surface area contributed by atoms with Gasteiger partial charge in [0.05, 0.1) is 12.5 Å². The van der Waals surface area contributed by atoms with Crippen LogP contribution in [-0.4, -0.2) is 76.5 Å². The lowest BCUT2D eigenvalue weighted by Crippen LogP contribution is -2.59. The summed E-state index contributed by atoms with van der Waals surface area (Å²) in [5.41, 5.74) is 16.1. The summed E-state index contributed by atoms with van der Waals surface area (Å²) < 4.78 is 0. The maximum atomic E-state index is 13.1. The molecule has 0 saturated heterocycles. The Kier molecular flexibility index (Phi) is 14.7. The number of hydrogen-bond acceptors (Lipinski definition) is 7. The van der Waals surface area contributed by atoms with Crippen LogP contribution < -0.4 is 33.2 Å². The van der Waals surface area contributed by atoms with Crippen LogP contribution in [0.2, 0.25) is 0 Å². The second-order valence-electron chi connectivity index (χ2n) is 9.12. The summed E-state index contributed by atoms with van der Waals surface area (Å²) in [5, 5.41) is 25.9. The van der Waals surface area contributed by atoms with Crippen LogP contribution in [0.5, 0.6) is 0 Å². The summed E-state index contributed by atoms with van der Waals surface area (Å²) in [4.78, 5) is 64.7. The van der Waals surface area contributed by atoms with E-state index in [0.29, 0.717) is 12.8 Å². The SMILES string of the molecule is CCC(C)C(NC(=O)C(N)CC(=O)O)C(=O)NC(CC(C)C)C(=O)NC(CCCN=C(N)N)C(=O)O. The molecule has 0 aliphatic heterocycles. The molecule has 206 valence electrons. The molecular weight excluding hydrogens is 474 g/mol. The van der Waals surface area contributed by atoms with E-state index in [0.717, 1.165) is 0 Å². The van der Waals surface area contributed by atoms with E-state index in [1.807, 2.05) is 13.8 Å². The van der Waals surface area contributed by atoms with Gasteiger partial charge in [-0.15, -0.1) is 0 Å². The van der Waals surface area contributed by atoms with E-state index in [-0.39, 0.29) is 37.2 Å². The molecule has 0 aromatic carbocycles. The highest BCUT2D eigenvalue weighted by Crippen LogP contribution is 2.12. The third kappa shape index (κ3) is 12.9. The Morgan fingerprint density at radius 3 is 1.94 bits per heavy atom. The molecule has 5 atom stereocenters. The normalized spacial score (nSPS) is 15.1. The fraction of sp³-hybridized carbons (Fsp3) is 0.727. The smallest absolute Gasteiger partial charge is 0.326 e. The van der Waals surface area contributed by atoms with Crippen LogP contribution in [0, 0.1) is 11.8 Å². The van der Waals surface area contributed by atoms with Crippen LogP contribution in [-0.2, 0) is 24.0 Å². The zero-order valence-corrected chi connectivity index (χ0v) is 21.3. The van der Waals surface area contributed by atoms with Crippen molar-refractivity contribution in [2.24, 2.45) is 34.0 Å². The van der Waals surface area contributed by atoms with E-state index in [2.05, 4.69) is 20.9 Å². The fourth-order valence-electron chi connectivity index (χ4n) is 3.24. The molecule has 3 amide bonds. The number of amides is 3. The molecule has 11 N–H and O–H groups in total. The lowest BCUT2D eigenvalue weighted by atomic mass is 9.96. The molecule has 5 unspecified atom stereocenters. The van der Waals surface area contributed by atoms with Crippen LogP contribution >= 0.6 is 0 Å². The standard InChI is InChI=1S/C22H41N7O7/c1-5-12(4)17(29-18(32)13(23)10-16(30)31)20(34)28-15(9-11(2)3)19(33)27-14(21(35)36)7-6-8-26-22(24)25/h11-15,17H,5-10,23H2,1-4H3,(H,27,33)(H,28,34)(H,29,32)(H,30,31)(H,35,36)(H4,24,25,26). The van der Waals surface area contributed by atoms with Crippen LogP contribution in [0.25, 0.3) is 0 Å².